The van der Waals surface area contributed by atoms with E-state index in [0.717, 1.165) is 16.3 Å². The number of anilines is 1. The summed E-state index contributed by atoms with van der Waals surface area (Å²) >= 11 is 1.57. The molecule has 0 atom stereocenters. The molecule has 0 fully saturated rings. The van der Waals surface area contributed by atoms with E-state index in [1.807, 2.05) is 37.4 Å². The zero-order chi connectivity index (χ0) is 21.6. The molecule has 0 saturated carbocycles. The second kappa shape index (κ2) is 9.84. The minimum absolute atomic E-state index is 0.154. The maximum absolute atomic E-state index is 12.2. The van der Waals surface area contributed by atoms with Crippen molar-refractivity contribution in [2.45, 2.75) is 25.2 Å². The summed E-state index contributed by atoms with van der Waals surface area (Å²) in [6.07, 6.45) is 0.710. The molecule has 0 aliphatic heterocycles. The predicted molar refractivity (Wildman–Crippen MR) is 118 cm³/mol. The normalized spacial score (nSPS) is 11.3. The molecule has 1 heterocycles. The number of sulfonamides is 1. The number of carbonyl (C=O) groups excluding carboxylic acids is 1. The van der Waals surface area contributed by atoms with Crippen molar-refractivity contribution in [1.29, 1.82) is 0 Å². The number of rotatable bonds is 9. The van der Waals surface area contributed by atoms with Gasteiger partial charge in [0.15, 0.2) is 6.61 Å². The van der Waals surface area contributed by atoms with E-state index in [9.17, 15) is 13.2 Å². The molecule has 1 aromatic heterocycles. The molecule has 158 valence electrons. The maximum atomic E-state index is 12.2. The van der Waals surface area contributed by atoms with Crippen molar-refractivity contribution in [1.82, 2.24) is 9.71 Å². The van der Waals surface area contributed by atoms with Crippen LogP contribution in [0.15, 0.2) is 58.8 Å². The molecule has 0 aliphatic rings. The molecule has 30 heavy (non-hydrogen) atoms. The Morgan fingerprint density at radius 2 is 1.93 bits per heavy atom. The van der Waals surface area contributed by atoms with Crippen molar-refractivity contribution in [3.63, 3.8) is 0 Å². The number of thiazole rings is 1. The highest BCUT2D eigenvalue weighted by molar-refractivity contribution is 7.89. The average Bonchev–Trinajstić information content (AvgIpc) is 3.18. The minimum Gasteiger partial charge on any atom is -0.484 e. The number of hydrogen-bond acceptors (Lipinski definition) is 6. The van der Waals surface area contributed by atoms with Crippen molar-refractivity contribution in [3.05, 3.63) is 58.9 Å². The van der Waals surface area contributed by atoms with Crippen molar-refractivity contribution in [3.8, 4) is 17.0 Å². The van der Waals surface area contributed by atoms with Crippen LogP contribution in [0.5, 0.6) is 5.75 Å². The standard InChI is InChI=1S/C21H23N3O4S2/c1-3-11-22-30(26,27)19-9-7-18(8-10-19)28-13-21(25)24-17-6-4-5-16(12-17)20-14-29-15(2)23-20/h4-10,12,14,22H,3,11,13H2,1-2H3,(H,24,25). The van der Waals surface area contributed by atoms with E-state index < -0.39 is 10.0 Å². The van der Waals surface area contributed by atoms with Gasteiger partial charge in [-0.05, 0) is 49.7 Å². The Morgan fingerprint density at radius 1 is 1.17 bits per heavy atom. The summed E-state index contributed by atoms with van der Waals surface area (Å²) in [5.41, 5.74) is 2.44. The molecule has 0 spiro atoms. The first-order valence-corrected chi connectivity index (χ1v) is 11.8. The first-order valence-electron chi connectivity index (χ1n) is 9.42. The van der Waals surface area contributed by atoms with Gasteiger partial charge in [0.05, 0.1) is 15.6 Å². The third-order valence-corrected chi connectivity index (χ3v) is 6.36. The van der Waals surface area contributed by atoms with Crippen LogP contribution in [0.4, 0.5) is 5.69 Å². The Morgan fingerprint density at radius 3 is 2.60 bits per heavy atom. The van der Waals surface area contributed by atoms with E-state index >= 15 is 0 Å². The Labute approximate surface area is 180 Å². The van der Waals surface area contributed by atoms with Gasteiger partial charge in [0.2, 0.25) is 10.0 Å². The van der Waals surface area contributed by atoms with E-state index in [1.165, 1.54) is 24.3 Å². The quantitative estimate of drug-likeness (QED) is 0.522. The lowest BCUT2D eigenvalue weighted by molar-refractivity contribution is -0.118. The summed E-state index contributed by atoms with van der Waals surface area (Å²) in [6.45, 7) is 4.02. The van der Waals surface area contributed by atoms with Crippen molar-refractivity contribution < 1.29 is 17.9 Å². The lowest BCUT2D eigenvalue weighted by Crippen LogP contribution is -2.24. The van der Waals surface area contributed by atoms with Crippen molar-refractivity contribution in [2.24, 2.45) is 0 Å². The summed E-state index contributed by atoms with van der Waals surface area (Å²) in [5, 5.41) is 5.75. The lowest BCUT2D eigenvalue weighted by Gasteiger charge is -2.09. The summed E-state index contributed by atoms with van der Waals surface area (Å²) in [6, 6.07) is 13.4. The highest BCUT2D eigenvalue weighted by Gasteiger charge is 2.13. The van der Waals surface area contributed by atoms with E-state index in [-0.39, 0.29) is 17.4 Å². The van der Waals surface area contributed by atoms with Crippen LogP contribution >= 0.6 is 11.3 Å². The smallest absolute Gasteiger partial charge is 0.262 e. The average molecular weight is 446 g/mol. The van der Waals surface area contributed by atoms with Crippen LogP contribution in [0.25, 0.3) is 11.3 Å². The van der Waals surface area contributed by atoms with Crippen molar-refractivity contribution in [2.75, 3.05) is 18.5 Å². The number of hydrogen-bond donors (Lipinski definition) is 2. The van der Waals surface area contributed by atoms with Gasteiger partial charge in [-0.3, -0.25) is 4.79 Å². The SMILES string of the molecule is CCCNS(=O)(=O)c1ccc(OCC(=O)Nc2cccc(-c3csc(C)n3)c2)cc1. The van der Waals surface area contributed by atoms with Gasteiger partial charge in [0.25, 0.3) is 5.91 Å². The molecule has 2 N–H and O–H groups in total. The highest BCUT2D eigenvalue weighted by Crippen LogP contribution is 2.24. The first kappa shape index (κ1) is 21.9. The lowest BCUT2D eigenvalue weighted by atomic mass is 10.1. The van der Waals surface area contributed by atoms with Gasteiger partial charge in [-0.2, -0.15) is 0 Å². The summed E-state index contributed by atoms with van der Waals surface area (Å²) in [7, 11) is -3.53. The fourth-order valence-electron chi connectivity index (χ4n) is 2.63. The predicted octanol–water partition coefficient (Wildman–Crippen LogP) is 3.82. The van der Waals surface area contributed by atoms with Gasteiger partial charge in [0, 0.05) is 23.2 Å². The topological polar surface area (TPSA) is 97.4 Å². The number of carbonyl (C=O) groups is 1. The van der Waals surface area contributed by atoms with Crippen LogP contribution in [0.3, 0.4) is 0 Å². The van der Waals surface area contributed by atoms with E-state index in [1.54, 1.807) is 17.4 Å². The highest BCUT2D eigenvalue weighted by atomic mass is 32.2. The summed E-state index contributed by atoms with van der Waals surface area (Å²) < 4.78 is 32.1. The van der Waals surface area contributed by atoms with E-state index in [4.69, 9.17) is 4.74 Å². The van der Waals surface area contributed by atoms with Crippen LogP contribution in [-0.4, -0.2) is 32.5 Å². The van der Waals surface area contributed by atoms with Gasteiger partial charge in [-0.25, -0.2) is 18.1 Å². The third kappa shape index (κ3) is 5.88. The molecule has 0 aliphatic carbocycles. The first-order chi connectivity index (χ1) is 14.4. The van der Waals surface area contributed by atoms with Gasteiger partial charge in [0.1, 0.15) is 5.75 Å². The molecule has 2 aromatic carbocycles. The molecule has 0 unspecified atom stereocenters. The van der Waals surface area contributed by atoms with Gasteiger partial charge < -0.3 is 10.1 Å². The number of nitrogens with one attached hydrogen (secondary N) is 2. The van der Waals surface area contributed by atoms with Gasteiger partial charge in [-0.15, -0.1) is 11.3 Å². The minimum atomic E-state index is -3.53. The van der Waals surface area contributed by atoms with Crippen LogP contribution < -0.4 is 14.8 Å². The monoisotopic (exact) mass is 445 g/mol. The molecule has 0 saturated heterocycles. The zero-order valence-corrected chi connectivity index (χ0v) is 18.3. The molecule has 3 rings (SSSR count). The fraction of sp³-hybridized carbons (Fsp3) is 0.238. The van der Waals surface area contributed by atoms with E-state index in [2.05, 4.69) is 15.0 Å². The Kier molecular flexibility index (Phi) is 7.20. The number of ether oxygens (including phenoxy) is 1. The number of nitrogens with zero attached hydrogens (tertiary/aromatic N) is 1. The number of amides is 1. The number of aromatic nitrogens is 1. The molecule has 3 aromatic rings. The Hall–Kier alpha value is -2.75. The third-order valence-electron chi connectivity index (χ3n) is 4.11. The summed E-state index contributed by atoms with van der Waals surface area (Å²) in [5.74, 6) is 0.0919. The van der Waals surface area contributed by atoms with Gasteiger partial charge >= 0.3 is 0 Å². The molecule has 0 bridgehead atoms. The molecular formula is C21H23N3O4S2. The van der Waals surface area contributed by atoms with Crippen molar-refractivity contribution >= 4 is 33.0 Å². The Balaban J connectivity index is 1.56. The van der Waals surface area contributed by atoms with Crippen LogP contribution in [0, 0.1) is 6.92 Å². The largest absolute Gasteiger partial charge is 0.484 e. The molecule has 0 radical (unpaired) electrons. The molecule has 9 heteroatoms. The zero-order valence-electron chi connectivity index (χ0n) is 16.7. The van der Waals surface area contributed by atoms with Crippen LogP contribution in [-0.2, 0) is 14.8 Å². The van der Waals surface area contributed by atoms with Gasteiger partial charge in [-0.1, -0.05) is 19.1 Å². The number of aryl methyl sites for hydroxylation is 1. The molecular weight excluding hydrogens is 422 g/mol. The second-order valence-electron chi connectivity index (χ2n) is 6.54. The number of benzene rings is 2. The maximum Gasteiger partial charge on any atom is 0.262 e. The fourth-order valence-corrected chi connectivity index (χ4v) is 4.39. The van der Waals surface area contributed by atoms with E-state index in [0.29, 0.717) is 24.4 Å². The Bertz CT molecular complexity index is 1110. The molecule has 1 amide bonds. The molecule has 7 nitrogen and oxygen atoms in total. The van der Waals surface area contributed by atoms with Crippen LogP contribution in [0.1, 0.15) is 18.4 Å². The van der Waals surface area contributed by atoms with Crippen LogP contribution in [0.2, 0.25) is 0 Å². The summed E-state index contributed by atoms with van der Waals surface area (Å²) in [4.78, 5) is 16.8. The second-order valence-corrected chi connectivity index (χ2v) is 9.37.